The summed E-state index contributed by atoms with van der Waals surface area (Å²) in [6, 6.07) is 13.8. The maximum absolute atomic E-state index is 12.4. The van der Waals surface area contributed by atoms with E-state index in [1.165, 1.54) is 0 Å². The molecule has 0 saturated carbocycles. The van der Waals surface area contributed by atoms with Crippen LogP contribution in [0.15, 0.2) is 67.1 Å². The maximum Gasteiger partial charge on any atom is 0.251 e. The van der Waals surface area contributed by atoms with Crippen molar-refractivity contribution < 1.29 is 19.1 Å². The molecule has 8 nitrogen and oxygen atoms in total. The molecule has 0 radical (unpaired) electrons. The number of pyridine rings is 2. The lowest BCUT2D eigenvalue weighted by molar-refractivity contribution is -0.115. The van der Waals surface area contributed by atoms with Crippen molar-refractivity contribution in [2.24, 2.45) is 0 Å². The van der Waals surface area contributed by atoms with Crippen molar-refractivity contribution >= 4 is 17.6 Å². The molecule has 0 saturated heterocycles. The van der Waals surface area contributed by atoms with Crippen molar-refractivity contribution in [3.05, 3.63) is 78.2 Å². The summed E-state index contributed by atoms with van der Waals surface area (Å²) in [4.78, 5) is 32.5. The summed E-state index contributed by atoms with van der Waals surface area (Å²) >= 11 is 0. The number of hydrogen-bond donors (Lipinski definition) is 2. The van der Waals surface area contributed by atoms with Gasteiger partial charge in [-0.3, -0.25) is 14.6 Å². The number of carbonyl (C=O) groups excluding carboxylic acids is 2. The summed E-state index contributed by atoms with van der Waals surface area (Å²) in [5, 5.41) is 5.19. The van der Waals surface area contributed by atoms with Gasteiger partial charge in [-0.25, -0.2) is 4.98 Å². The average Bonchev–Trinajstić information content (AvgIpc) is 2.78. The standard InChI is InChI=1S/C22H22N4O4/c1-2-29-19-12-17(8-9-18(19)30-15-16-6-5-10-23-13-16)22(28)25-14-21(27)26-20-7-3-4-11-24-20/h3-13H,2,14-15H2,1H3,(H,25,28)(H,24,26,27). The zero-order valence-corrected chi connectivity index (χ0v) is 16.5. The third-order valence-electron chi connectivity index (χ3n) is 3.96. The van der Waals surface area contributed by atoms with Gasteiger partial charge in [-0.1, -0.05) is 12.1 Å². The predicted octanol–water partition coefficient (Wildman–Crippen LogP) is 2.82. The van der Waals surface area contributed by atoms with Crippen LogP contribution in [-0.2, 0) is 11.4 Å². The van der Waals surface area contributed by atoms with E-state index in [9.17, 15) is 9.59 Å². The number of benzene rings is 1. The number of aromatic nitrogens is 2. The van der Waals surface area contributed by atoms with Gasteiger partial charge in [-0.05, 0) is 43.3 Å². The van der Waals surface area contributed by atoms with Crippen molar-refractivity contribution in [2.75, 3.05) is 18.5 Å². The molecule has 0 fully saturated rings. The van der Waals surface area contributed by atoms with E-state index in [0.29, 0.717) is 36.1 Å². The van der Waals surface area contributed by atoms with E-state index in [1.807, 2.05) is 19.1 Å². The highest BCUT2D eigenvalue weighted by Crippen LogP contribution is 2.29. The molecular formula is C22H22N4O4. The molecule has 2 heterocycles. The van der Waals surface area contributed by atoms with Crippen LogP contribution in [0.5, 0.6) is 11.5 Å². The van der Waals surface area contributed by atoms with Crippen LogP contribution in [0.2, 0.25) is 0 Å². The van der Waals surface area contributed by atoms with Crippen LogP contribution in [0.1, 0.15) is 22.8 Å². The van der Waals surface area contributed by atoms with E-state index in [1.54, 1.807) is 55.0 Å². The largest absolute Gasteiger partial charge is 0.490 e. The predicted molar refractivity (Wildman–Crippen MR) is 111 cm³/mol. The lowest BCUT2D eigenvalue weighted by Gasteiger charge is -2.13. The van der Waals surface area contributed by atoms with Crippen molar-refractivity contribution in [3.63, 3.8) is 0 Å². The van der Waals surface area contributed by atoms with Crippen molar-refractivity contribution in [1.82, 2.24) is 15.3 Å². The SMILES string of the molecule is CCOc1cc(C(=O)NCC(=O)Nc2ccccn2)ccc1OCc1cccnc1. The third-order valence-corrected chi connectivity index (χ3v) is 3.96. The third kappa shape index (κ3) is 6.03. The Kier molecular flexibility index (Phi) is 7.32. The Bertz CT molecular complexity index is 981. The monoisotopic (exact) mass is 406 g/mol. The first-order valence-electron chi connectivity index (χ1n) is 9.43. The number of nitrogens with zero attached hydrogens (tertiary/aromatic N) is 2. The minimum Gasteiger partial charge on any atom is -0.490 e. The molecule has 3 rings (SSSR count). The highest BCUT2D eigenvalue weighted by Gasteiger charge is 2.13. The van der Waals surface area contributed by atoms with E-state index in [4.69, 9.17) is 9.47 Å². The second kappa shape index (κ2) is 10.6. The quantitative estimate of drug-likeness (QED) is 0.567. The topological polar surface area (TPSA) is 102 Å². The maximum atomic E-state index is 12.4. The van der Waals surface area contributed by atoms with Gasteiger partial charge in [0.05, 0.1) is 13.2 Å². The minimum atomic E-state index is -0.397. The summed E-state index contributed by atoms with van der Waals surface area (Å²) in [7, 11) is 0. The van der Waals surface area contributed by atoms with Crippen molar-refractivity contribution in [3.8, 4) is 11.5 Å². The van der Waals surface area contributed by atoms with E-state index in [-0.39, 0.29) is 12.5 Å². The highest BCUT2D eigenvalue weighted by atomic mass is 16.5. The molecule has 1 aromatic carbocycles. The molecule has 0 unspecified atom stereocenters. The van der Waals surface area contributed by atoms with Crippen LogP contribution in [0.25, 0.3) is 0 Å². The summed E-state index contributed by atoms with van der Waals surface area (Å²) < 4.78 is 11.4. The summed E-state index contributed by atoms with van der Waals surface area (Å²) in [6.07, 6.45) is 4.98. The second-order valence-corrected chi connectivity index (χ2v) is 6.19. The number of nitrogens with one attached hydrogen (secondary N) is 2. The van der Waals surface area contributed by atoms with Crippen molar-refractivity contribution in [2.45, 2.75) is 13.5 Å². The van der Waals surface area contributed by atoms with Crippen LogP contribution in [0, 0.1) is 0 Å². The van der Waals surface area contributed by atoms with Gasteiger partial charge in [0.2, 0.25) is 5.91 Å². The Morgan fingerprint density at radius 3 is 2.63 bits per heavy atom. The van der Waals surface area contributed by atoms with Gasteiger partial charge in [-0.15, -0.1) is 0 Å². The van der Waals surface area contributed by atoms with Gasteiger partial charge < -0.3 is 20.1 Å². The number of anilines is 1. The summed E-state index contributed by atoms with van der Waals surface area (Å²) in [5.41, 5.74) is 1.28. The van der Waals surface area contributed by atoms with Gasteiger partial charge in [0, 0.05) is 29.7 Å². The second-order valence-electron chi connectivity index (χ2n) is 6.19. The smallest absolute Gasteiger partial charge is 0.251 e. The number of rotatable bonds is 9. The van der Waals surface area contributed by atoms with Gasteiger partial charge in [-0.2, -0.15) is 0 Å². The lowest BCUT2D eigenvalue weighted by Crippen LogP contribution is -2.33. The Morgan fingerprint density at radius 1 is 1.00 bits per heavy atom. The van der Waals surface area contributed by atoms with E-state index in [2.05, 4.69) is 20.6 Å². The van der Waals surface area contributed by atoms with Crippen molar-refractivity contribution in [1.29, 1.82) is 0 Å². The van der Waals surface area contributed by atoms with Gasteiger partial charge in [0.1, 0.15) is 12.4 Å². The van der Waals surface area contributed by atoms with E-state index >= 15 is 0 Å². The normalized spacial score (nSPS) is 10.2. The number of carbonyl (C=O) groups is 2. The fourth-order valence-electron chi connectivity index (χ4n) is 2.57. The molecule has 8 heteroatoms. The summed E-state index contributed by atoms with van der Waals surface area (Å²) in [6.45, 7) is 2.41. The van der Waals surface area contributed by atoms with Gasteiger partial charge in [0.15, 0.2) is 11.5 Å². The molecule has 0 bridgehead atoms. The first-order valence-corrected chi connectivity index (χ1v) is 9.43. The number of ether oxygens (including phenoxy) is 2. The van der Waals surface area contributed by atoms with Crippen LogP contribution >= 0.6 is 0 Å². The molecule has 30 heavy (non-hydrogen) atoms. The molecule has 154 valence electrons. The molecular weight excluding hydrogens is 384 g/mol. The molecule has 0 aliphatic rings. The molecule has 0 atom stereocenters. The Hall–Kier alpha value is -3.94. The minimum absolute atomic E-state index is 0.182. The van der Waals surface area contributed by atoms with E-state index in [0.717, 1.165) is 5.56 Å². The molecule has 0 aliphatic heterocycles. The van der Waals surface area contributed by atoms with Crippen LogP contribution in [0.4, 0.5) is 5.82 Å². The fraction of sp³-hybridized carbons (Fsp3) is 0.182. The molecule has 2 amide bonds. The number of hydrogen-bond acceptors (Lipinski definition) is 6. The summed E-state index contributed by atoms with van der Waals surface area (Å²) in [5.74, 6) is 0.622. The van der Waals surface area contributed by atoms with Crippen LogP contribution in [-0.4, -0.2) is 34.9 Å². The number of amides is 2. The molecule has 0 spiro atoms. The fourth-order valence-corrected chi connectivity index (χ4v) is 2.57. The molecule has 2 N–H and O–H groups in total. The van der Waals surface area contributed by atoms with Gasteiger partial charge in [0.25, 0.3) is 5.91 Å². The zero-order chi connectivity index (χ0) is 21.2. The Morgan fingerprint density at radius 2 is 1.90 bits per heavy atom. The highest BCUT2D eigenvalue weighted by molar-refractivity contribution is 5.99. The van der Waals surface area contributed by atoms with Crippen LogP contribution < -0.4 is 20.1 Å². The Balaban J connectivity index is 1.59. The average molecular weight is 406 g/mol. The zero-order valence-electron chi connectivity index (χ0n) is 16.5. The van der Waals surface area contributed by atoms with E-state index < -0.39 is 5.91 Å². The van der Waals surface area contributed by atoms with Crippen LogP contribution in [0.3, 0.4) is 0 Å². The first kappa shape index (κ1) is 20.8. The first-order chi connectivity index (χ1) is 14.7. The molecule has 0 aliphatic carbocycles. The molecule has 3 aromatic rings. The Labute approximate surface area is 174 Å². The lowest BCUT2D eigenvalue weighted by atomic mass is 10.2. The van der Waals surface area contributed by atoms with Gasteiger partial charge >= 0.3 is 0 Å². The molecule has 2 aromatic heterocycles.